The van der Waals surface area contributed by atoms with Crippen molar-refractivity contribution < 1.29 is 18.3 Å². The number of hydrogen-bond acceptors (Lipinski definition) is 2. The van der Waals surface area contributed by atoms with Gasteiger partial charge in [-0.1, -0.05) is 24.3 Å². The molecule has 0 amide bonds. The first-order chi connectivity index (χ1) is 7.15. The van der Waals surface area contributed by atoms with Crippen molar-refractivity contribution in [2.75, 3.05) is 7.11 Å². The van der Waals surface area contributed by atoms with Crippen LogP contribution in [0.25, 0.3) is 6.08 Å². The van der Waals surface area contributed by atoms with E-state index < -0.39 is 12.4 Å². The first-order valence-electron chi connectivity index (χ1n) is 4.28. The van der Waals surface area contributed by atoms with E-state index in [-0.39, 0.29) is 5.56 Å². The molecule has 0 aromatic heterocycles. The Bertz CT molecular complexity index is 373. The minimum absolute atomic E-state index is 0.0994. The fourth-order valence-corrected chi connectivity index (χ4v) is 1.09. The summed E-state index contributed by atoms with van der Waals surface area (Å²) in [5, 5.41) is 0. The highest BCUT2D eigenvalue weighted by Gasteiger charge is 2.09. The standard InChI is InChI=1S/C11H10F2O2/c1-15-10(14)7-6-8-4-2-3-5-9(8)11(12)13/h2-7,11H,1H3. The van der Waals surface area contributed by atoms with Gasteiger partial charge in [-0.15, -0.1) is 0 Å². The molecule has 0 atom stereocenters. The summed E-state index contributed by atoms with van der Waals surface area (Å²) in [6.07, 6.45) is -0.127. The summed E-state index contributed by atoms with van der Waals surface area (Å²) < 4.78 is 29.3. The molecule has 0 fully saturated rings. The molecule has 0 unspecified atom stereocenters. The molecule has 0 bridgehead atoms. The summed E-state index contributed by atoms with van der Waals surface area (Å²) in [7, 11) is 1.23. The Morgan fingerprint density at radius 3 is 2.67 bits per heavy atom. The van der Waals surface area contributed by atoms with E-state index in [2.05, 4.69) is 4.74 Å². The zero-order chi connectivity index (χ0) is 11.3. The van der Waals surface area contributed by atoms with Crippen LogP contribution < -0.4 is 0 Å². The average molecular weight is 212 g/mol. The Hall–Kier alpha value is -1.71. The van der Waals surface area contributed by atoms with Gasteiger partial charge in [0, 0.05) is 11.6 Å². The van der Waals surface area contributed by atoms with Crippen molar-refractivity contribution in [1.82, 2.24) is 0 Å². The SMILES string of the molecule is COC(=O)C=Cc1ccccc1C(F)F. The molecule has 1 rings (SSSR count). The number of methoxy groups -OCH3 is 1. The van der Waals surface area contributed by atoms with Gasteiger partial charge in [0.25, 0.3) is 6.43 Å². The number of esters is 1. The lowest BCUT2D eigenvalue weighted by molar-refractivity contribution is -0.134. The number of ether oxygens (including phenoxy) is 1. The lowest BCUT2D eigenvalue weighted by Gasteiger charge is -2.03. The highest BCUT2D eigenvalue weighted by molar-refractivity contribution is 5.87. The van der Waals surface area contributed by atoms with Crippen LogP contribution in [0.2, 0.25) is 0 Å². The minimum Gasteiger partial charge on any atom is -0.466 e. The Morgan fingerprint density at radius 2 is 2.07 bits per heavy atom. The first-order valence-corrected chi connectivity index (χ1v) is 4.28. The van der Waals surface area contributed by atoms with Crippen LogP contribution >= 0.6 is 0 Å². The molecule has 2 nitrogen and oxygen atoms in total. The highest BCUT2D eigenvalue weighted by atomic mass is 19.3. The van der Waals surface area contributed by atoms with Gasteiger partial charge in [-0.2, -0.15) is 0 Å². The molecule has 0 aliphatic heterocycles. The van der Waals surface area contributed by atoms with E-state index in [0.717, 1.165) is 6.08 Å². The minimum atomic E-state index is -2.55. The van der Waals surface area contributed by atoms with Crippen molar-refractivity contribution in [1.29, 1.82) is 0 Å². The van der Waals surface area contributed by atoms with Crippen molar-refractivity contribution in [2.24, 2.45) is 0 Å². The van der Waals surface area contributed by atoms with Crippen LogP contribution in [-0.4, -0.2) is 13.1 Å². The maximum Gasteiger partial charge on any atom is 0.330 e. The van der Waals surface area contributed by atoms with Gasteiger partial charge in [-0.05, 0) is 11.6 Å². The smallest absolute Gasteiger partial charge is 0.330 e. The van der Waals surface area contributed by atoms with Crippen molar-refractivity contribution in [3.63, 3.8) is 0 Å². The molecule has 0 saturated heterocycles. The van der Waals surface area contributed by atoms with Crippen LogP contribution in [0.1, 0.15) is 17.6 Å². The lowest BCUT2D eigenvalue weighted by Crippen LogP contribution is -1.94. The molecule has 4 heteroatoms. The topological polar surface area (TPSA) is 26.3 Å². The molecule has 0 heterocycles. The van der Waals surface area contributed by atoms with Crippen LogP contribution in [0.4, 0.5) is 8.78 Å². The molecular weight excluding hydrogens is 202 g/mol. The largest absolute Gasteiger partial charge is 0.466 e. The summed E-state index contributed by atoms with van der Waals surface area (Å²) in [5.74, 6) is -0.570. The Balaban J connectivity index is 2.94. The lowest BCUT2D eigenvalue weighted by atomic mass is 10.1. The quantitative estimate of drug-likeness (QED) is 0.568. The third kappa shape index (κ3) is 3.16. The van der Waals surface area contributed by atoms with Crippen molar-refractivity contribution in [3.05, 3.63) is 41.5 Å². The number of hydrogen-bond donors (Lipinski definition) is 0. The van der Waals surface area contributed by atoms with Crippen LogP contribution in [0.5, 0.6) is 0 Å². The van der Waals surface area contributed by atoms with Gasteiger partial charge in [0.1, 0.15) is 0 Å². The Kier molecular flexibility index (Phi) is 3.97. The van der Waals surface area contributed by atoms with Gasteiger partial charge < -0.3 is 4.74 Å². The van der Waals surface area contributed by atoms with E-state index in [1.807, 2.05) is 0 Å². The van der Waals surface area contributed by atoms with E-state index in [1.165, 1.54) is 31.4 Å². The van der Waals surface area contributed by atoms with Gasteiger partial charge in [0.2, 0.25) is 0 Å². The molecule has 80 valence electrons. The van der Waals surface area contributed by atoms with Crippen LogP contribution in [0.15, 0.2) is 30.3 Å². The maximum absolute atomic E-state index is 12.5. The number of carbonyl (C=O) groups excluding carboxylic acids is 1. The predicted octanol–water partition coefficient (Wildman–Crippen LogP) is 2.81. The van der Waals surface area contributed by atoms with E-state index in [4.69, 9.17) is 0 Å². The molecule has 0 radical (unpaired) electrons. The van der Waals surface area contributed by atoms with Crippen LogP contribution in [0, 0.1) is 0 Å². The van der Waals surface area contributed by atoms with E-state index >= 15 is 0 Å². The molecule has 1 aromatic carbocycles. The second-order valence-electron chi connectivity index (χ2n) is 2.79. The van der Waals surface area contributed by atoms with E-state index in [9.17, 15) is 13.6 Å². The van der Waals surface area contributed by atoms with E-state index in [0.29, 0.717) is 5.56 Å². The second-order valence-corrected chi connectivity index (χ2v) is 2.79. The third-order valence-corrected chi connectivity index (χ3v) is 1.83. The van der Waals surface area contributed by atoms with Crippen molar-refractivity contribution in [3.8, 4) is 0 Å². The second kappa shape index (κ2) is 5.24. The monoisotopic (exact) mass is 212 g/mol. The number of alkyl halides is 2. The normalized spacial score (nSPS) is 10.9. The Morgan fingerprint density at radius 1 is 1.40 bits per heavy atom. The molecule has 0 aliphatic carbocycles. The molecule has 15 heavy (non-hydrogen) atoms. The zero-order valence-corrected chi connectivity index (χ0v) is 8.11. The maximum atomic E-state index is 12.5. The van der Waals surface area contributed by atoms with Gasteiger partial charge in [-0.25, -0.2) is 13.6 Å². The summed E-state index contributed by atoms with van der Waals surface area (Å²) >= 11 is 0. The summed E-state index contributed by atoms with van der Waals surface area (Å²) in [6.45, 7) is 0. The zero-order valence-electron chi connectivity index (χ0n) is 8.11. The molecule has 0 N–H and O–H groups in total. The summed E-state index contributed by atoms with van der Waals surface area (Å²) in [6, 6.07) is 5.99. The fourth-order valence-electron chi connectivity index (χ4n) is 1.09. The van der Waals surface area contributed by atoms with Crippen molar-refractivity contribution in [2.45, 2.75) is 6.43 Å². The highest BCUT2D eigenvalue weighted by Crippen LogP contribution is 2.23. The van der Waals surface area contributed by atoms with Crippen LogP contribution in [-0.2, 0) is 9.53 Å². The predicted molar refractivity (Wildman–Crippen MR) is 52.4 cm³/mol. The summed E-state index contributed by atoms with van der Waals surface area (Å²) in [4.78, 5) is 10.8. The first kappa shape index (κ1) is 11.4. The van der Waals surface area contributed by atoms with Crippen LogP contribution in [0.3, 0.4) is 0 Å². The number of rotatable bonds is 3. The van der Waals surface area contributed by atoms with Gasteiger partial charge in [0.05, 0.1) is 7.11 Å². The average Bonchev–Trinajstić information content (AvgIpc) is 2.26. The Labute approximate surface area is 86.2 Å². The third-order valence-electron chi connectivity index (χ3n) is 1.83. The van der Waals surface area contributed by atoms with E-state index in [1.54, 1.807) is 6.07 Å². The number of halogens is 2. The van der Waals surface area contributed by atoms with Gasteiger partial charge >= 0.3 is 5.97 Å². The number of benzene rings is 1. The van der Waals surface area contributed by atoms with Gasteiger partial charge in [-0.3, -0.25) is 0 Å². The molecule has 0 saturated carbocycles. The molecular formula is C11H10F2O2. The number of carbonyl (C=O) groups is 1. The fraction of sp³-hybridized carbons (Fsp3) is 0.182. The van der Waals surface area contributed by atoms with Crippen molar-refractivity contribution >= 4 is 12.0 Å². The summed E-state index contributed by atoms with van der Waals surface area (Å²) in [5.41, 5.74) is 0.218. The molecule has 0 spiro atoms. The molecule has 1 aromatic rings. The molecule has 0 aliphatic rings. The van der Waals surface area contributed by atoms with Gasteiger partial charge in [0.15, 0.2) is 0 Å².